The Morgan fingerprint density at radius 1 is 0.952 bits per heavy atom. The van der Waals surface area contributed by atoms with Crippen LogP contribution in [0.3, 0.4) is 0 Å². The molecule has 0 fully saturated rings. The first kappa shape index (κ1) is 16.0. The van der Waals surface area contributed by atoms with Crippen molar-refractivity contribution in [3.63, 3.8) is 0 Å². The van der Waals surface area contributed by atoms with Gasteiger partial charge in [-0.25, -0.2) is 0 Å². The highest BCUT2D eigenvalue weighted by Crippen LogP contribution is 2.37. The van der Waals surface area contributed by atoms with E-state index in [9.17, 15) is 0 Å². The second-order valence-electron chi connectivity index (χ2n) is 4.78. The van der Waals surface area contributed by atoms with Crippen molar-refractivity contribution in [3.05, 3.63) is 30.3 Å². The van der Waals surface area contributed by atoms with Crippen LogP contribution in [0.15, 0.2) is 30.3 Å². The highest BCUT2D eigenvalue weighted by atomic mass is 79.9. The molecule has 2 aromatic rings. The van der Waals surface area contributed by atoms with Gasteiger partial charge < -0.3 is 14.2 Å². The Bertz CT molecular complexity index is 584. The molecule has 0 aliphatic rings. The number of halogens is 1. The molecule has 0 aliphatic carbocycles. The molecule has 0 bridgehead atoms. The van der Waals surface area contributed by atoms with E-state index in [0.29, 0.717) is 6.61 Å². The Morgan fingerprint density at radius 2 is 1.81 bits per heavy atom. The van der Waals surface area contributed by atoms with Crippen LogP contribution < -0.4 is 14.2 Å². The monoisotopic (exact) mass is 352 g/mol. The van der Waals surface area contributed by atoms with Crippen LogP contribution in [0.2, 0.25) is 0 Å². The van der Waals surface area contributed by atoms with E-state index in [1.165, 1.54) is 12.8 Å². The largest absolute Gasteiger partial charge is 0.497 e. The lowest BCUT2D eigenvalue weighted by Crippen LogP contribution is -2.00. The predicted molar refractivity (Wildman–Crippen MR) is 90.2 cm³/mol. The van der Waals surface area contributed by atoms with Crippen molar-refractivity contribution < 1.29 is 14.2 Å². The van der Waals surface area contributed by atoms with Gasteiger partial charge in [-0.1, -0.05) is 22.0 Å². The number of unbranched alkanes of at least 4 members (excludes halogenated alkanes) is 2. The van der Waals surface area contributed by atoms with Gasteiger partial charge in [0.2, 0.25) is 0 Å². The van der Waals surface area contributed by atoms with E-state index in [2.05, 4.69) is 15.9 Å². The van der Waals surface area contributed by atoms with Gasteiger partial charge in [-0.2, -0.15) is 0 Å². The van der Waals surface area contributed by atoms with Gasteiger partial charge in [-0.3, -0.25) is 0 Å². The maximum Gasteiger partial charge on any atom is 0.168 e. The zero-order chi connectivity index (χ0) is 15.1. The van der Waals surface area contributed by atoms with Gasteiger partial charge >= 0.3 is 0 Å². The molecule has 114 valence electrons. The second-order valence-corrected chi connectivity index (χ2v) is 5.58. The number of rotatable bonds is 8. The first-order chi connectivity index (χ1) is 10.3. The number of ether oxygens (including phenoxy) is 3. The average Bonchev–Trinajstić information content (AvgIpc) is 2.53. The number of hydrogen-bond acceptors (Lipinski definition) is 3. The maximum atomic E-state index is 5.87. The molecule has 2 aromatic carbocycles. The van der Waals surface area contributed by atoms with E-state index in [-0.39, 0.29) is 0 Å². The summed E-state index contributed by atoms with van der Waals surface area (Å²) >= 11 is 3.44. The number of fused-ring (bicyclic) bond motifs is 1. The summed E-state index contributed by atoms with van der Waals surface area (Å²) in [6.07, 6.45) is 3.39. The predicted octanol–water partition coefficient (Wildman–Crippen LogP) is 4.80. The molecule has 0 atom stereocenters. The quantitative estimate of drug-likeness (QED) is 0.504. The number of methoxy groups -OCH3 is 2. The van der Waals surface area contributed by atoms with Crippen molar-refractivity contribution in [3.8, 4) is 17.2 Å². The Balaban J connectivity index is 2.16. The molecule has 0 spiro atoms. The van der Waals surface area contributed by atoms with Crippen molar-refractivity contribution in [2.75, 3.05) is 26.2 Å². The molecule has 0 radical (unpaired) electrons. The van der Waals surface area contributed by atoms with Gasteiger partial charge in [0.1, 0.15) is 5.75 Å². The lowest BCUT2D eigenvalue weighted by atomic mass is 10.1. The zero-order valence-corrected chi connectivity index (χ0v) is 14.1. The minimum Gasteiger partial charge on any atom is -0.497 e. The fraction of sp³-hybridized carbons (Fsp3) is 0.412. The molecular formula is C17H21BrO3. The summed E-state index contributed by atoms with van der Waals surface area (Å²) in [6.45, 7) is 0.713. The standard InChI is InChI=1S/C17H21BrO3/c1-19-14-7-8-15-13(12-14)6-9-16(17(15)20-2)21-11-5-3-4-10-18/h6-9,12H,3-5,10-11H2,1-2H3. The molecule has 21 heavy (non-hydrogen) atoms. The summed E-state index contributed by atoms with van der Waals surface area (Å²) in [5.74, 6) is 2.43. The van der Waals surface area contributed by atoms with Crippen LogP contribution in [0, 0.1) is 0 Å². The molecule has 0 amide bonds. The van der Waals surface area contributed by atoms with Crippen LogP contribution >= 0.6 is 15.9 Å². The highest BCUT2D eigenvalue weighted by molar-refractivity contribution is 9.09. The summed E-state index contributed by atoms with van der Waals surface area (Å²) < 4.78 is 16.7. The number of hydrogen-bond donors (Lipinski definition) is 0. The van der Waals surface area contributed by atoms with Gasteiger partial charge in [-0.05, 0) is 48.9 Å². The fourth-order valence-electron chi connectivity index (χ4n) is 2.27. The SMILES string of the molecule is COc1ccc2c(OC)c(OCCCCCBr)ccc2c1. The minimum absolute atomic E-state index is 0.713. The van der Waals surface area contributed by atoms with Gasteiger partial charge in [0.15, 0.2) is 11.5 Å². The third-order valence-electron chi connectivity index (χ3n) is 3.38. The highest BCUT2D eigenvalue weighted by Gasteiger charge is 2.10. The molecule has 2 rings (SSSR count). The van der Waals surface area contributed by atoms with Crippen LogP contribution in [-0.4, -0.2) is 26.2 Å². The molecule has 4 heteroatoms. The summed E-state index contributed by atoms with van der Waals surface area (Å²) in [7, 11) is 3.35. The summed E-state index contributed by atoms with van der Waals surface area (Å²) in [4.78, 5) is 0. The Morgan fingerprint density at radius 3 is 2.52 bits per heavy atom. The van der Waals surface area contributed by atoms with Gasteiger partial charge in [0.05, 0.1) is 20.8 Å². The number of benzene rings is 2. The molecule has 0 aliphatic heterocycles. The Labute approximate surface area is 134 Å². The van der Waals surface area contributed by atoms with Gasteiger partial charge in [0.25, 0.3) is 0 Å². The molecule has 0 aromatic heterocycles. The molecule has 0 saturated carbocycles. The van der Waals surface area contributed by atoms with E-state index >= 15 is 0 Å². The average molecular weight is 353 g/mol. The normalized spacial score (nSPS) is 10.6. The summed E-state index contributed by atoms with van der Waals surface area (Å²) in [6, 6.07) is 9.94. The van der Waals surface area contributed by atoms with Crippen molar-refractivity contribution in [1.82, 2.24) is 0 Å². The van der Waals surface area contributed by atoms with E-state index < -0.39 is 0 Å². The maximum absolute atomic E-state index is 5.87. The zero-order valence-electron chi connectivity index (χ0n) is 12.5. The Kier molecular flexibility index (Phi) is 6.18. The van der Waals surface area contributed by atoms with E-state index in [0.717, 1.165) is 39.8 Å². The lowest BCUT2D eigenvalue weighted by molar-refractivity contribution is 0.287. The van der Waals surface area contributed by atoms with Crippen LogP contribution in [0.25, 0.3) is 10.8 Å². The van der Waals surface area contributed by atoms with E-state index in [4.69, 9.17) is 14.2 Å². The summed E-state index contributed by atoms with van der Waals surface area (Å²) in [5, 5.41) is 3.17. The van der Waals surface area contributed by atoms with E-state index in [1.54, 1.807) is 14.2 Å². The molecular weight excluding hydrogens is 332 g/mol. The fourth-order valence-corrected chi connectivity index (χ4v) is 2.66. The lowest BCUT2D eigenvalue weighted by Gasteiger charge is -2.13. The van der Waals surface area contributed by atoms with Gasteiger partial charge in [0, 0.05) is 10.7 Å². The smallest absolute Gasteiger partial charge is 0.168 e. The topological polar surface area (TPSA) is 27.7 Å². The van der Waals surface area contributed by atoms with Crippen LogP contribution in [0.4, 0.5) is 0 Å². The number of alkyl halides is 1. The van der Waals surface area contributed by atoms with Crippen LogP contribution in [0.5, 0.6) is 17.2 Å². The van der Waals surface area contributed by atoms with Crippen molar-refractivity contribution in [2.45, 2.75) is 19.3 Å². The van der Waals surface area contributed by atoms with Crippen molar-refractivity contribution >= 4 is 26.7 Å². The van der Waals surface area contributed by atoms with E-state index in [1.807, 2.05) is 30.3 Å². The third kappa shape index (κ3) is 4.03. The third-order valence-corrected chi connectivity index (χ3v) is 3.94. The molecule has 3 nitrogen and oxygen atoms in total. The second kappa shape index (κ2) is 8.13. The molecule has 0 heterocycles. The van der Waals surface area contributed by atoms with Crippen LogP contribution in [0.1, 0.15) is 19.3 Å². The van der Waals surface area contributed by atoms with Crippen molar-refractivity contribution in [1.29, 1.82) is 0 Å². The minimum atomic E-state index is 0.713. The first-order valence-electron chi connectivity index (χ1n) is 7.13. The van der Waals surface area contributed by atoms with Gasteiger partial charge in [-0.15, -0.1) is 0 Å². The molecule has 0 N–H and O–H groups in total. The van der Waals surface area contributed by atoms with Crippen LogP contribution in [-0.2, 0) is 0 Å². The summed E-state index contributed by atoms with van der Waals surface area (Å²) in [5.41, 5.74) is 0. The van der Waals surface area contributed by atoms with Crippen molar-refractivity contribution in [2.24, 2.45) is 0 Å². The first-order valence-corrected chi connectivity index (χ1v) is 8.25. The molecule has 0 saturated heterocycles. The molecule has 0 unspecified atom stereocenters. The Hall–Kier alpha value is -1.42.